The molecule has 0 spiro atoms. The summed E-state index contributed by atoms with van der Waals surface area (Å²) in [4.78, 5) is 26.8. The average Bonchev–Trinajstić information content (AvgIpc) is 2.61. The molecule has 3 rings (SSSR count). The topological polar surface area (TPSA) is 85.1 Å². The number of carbonyl (C=O) groups excluding carboxylic acids is 1. The maximum Gasteiger partial charge on any atom is 0.295 e. The first-order chi connectivity index (χ1) is 12.4. The number of thioether (sulfide) groups is 1. The van der Waals surface area contributed by atoms with E-state index in [0.717, 1.165) is 28.6 Å². The maximum absolute atomic E-state index is 13.2. The number of aromatic nitrogens is 1. The van der Waals surface area contributed by atoms with Crippen LogP contribution in [0.5, 0.6) is 0 Å². The molecule has 1 amide bonds. The van der Waals surface area contributed by atoms with Crippen molar-refractivity contribution in [2.24, 2.45) is 0 Å². The molecule has 0 saturated heterocycles. The van der Waals surface area contributed by atoms with Crippen LogP contribution < -0.4 is 5.32 Å². The molecule has 1 heterocycles. The number of pyridine rings is 1. The minimum Gasteiger partial charge on any atom is -0.320 e. The summed E-state index contributed by atoms with van der Waals surface area (Å²) in [5, 5.41) is 15.1. The average molecular weight is 371 g/mol. The number of nitrogens with one attached hydrogen (secondary N) is 1. The lowest BCUT2D eigenvalue weighted by atomic mass is 10.1. The minimum atomic E-state index is -0.736. The zero-order valence-corrected chi connectivity index (χ0v) is 14.5. The van der Waals surface area contributed by atoms with Gasteiger partial charge in [-0.1, -0.05) is 30.0 Å². The molecule has 26 heavy (non-hydrogen) atoms. The molecule has 2 aromatic carbocycles. The van der Waals surface area contributed by atoms with E-state index in [1.807, 2.05) is 37.3 Å². The molecule has 0 aliphatic carbocycles. The Morgan fingerprint density at radius 2 is 2.04 bits per heavy atom. The number of fused-ring (bicyclic) bond motifs is 1. The Morgan fingerprint density at radius 3 is 2.81 bits per heavy atom. The maximum atomic E-state index is 13.2. The number of nitro benzene ring substituents is 1. The Labute approximate surface area is 152 Å². The van der Waals surface area contributed by atoms with Crippen molar-refractivity contribution in [3.8, 4) is 0 Å². The Hall–Kier alpha value is -3.00. The summed E-state index contributed by atoms with van der Waals surface area (Å²) in [6.45, 7) is 1.97. The van der Waals surface area contributed by atoms with Crippen LogP contribution >= 0.6 is 11.8 Å². The number of anilines is 1. The second-order valence-electron chi connectivity index (χ2n) is 5.55. The molecular weight excluding hydrogens is 357 g/mol. The van der Waals surface area contributed by atoms with Crippen LogP contribution in [0.1, 0.15) is 5.56 Å². The van der Waals surface area contributed by atoms with E-state index in [2.05, 4.69) is 10.3 Å². The van der Waals surface area contributed by atoms with Crippen LogP contribution in [-0.4, -0.2) is 21.6 Å². The summed E-state index contributed by atoms with van der Waals surface area (Å²) in [6, 6.07) is 12.6. The summed E-state index contributed by atoms with van der Waals surface area (Å²) in [5.74, 6) is -1.14. The summed E-state index contributed by atoms with van der Waals surface area (Å²) >= 11 is 1.23. The van der Waals surface area contributed by atoms with E-state index in [9.17, 15) is 19.3 Å². The number of rotatable bonds is 5. The number of nitro groups is 1. The highest BCUT2D eigenvalue weighted by molar-refractivity contribution is 7.99. The Bertz CT molecular complexity index is 1010. The highest BCUT2D eigenvalue weighted by atomic mass is 32.2. The second kappa shape index (κ2) is 7.49. The summed E-state index contributed by atoms with van der Waals surface area (Å²) in [7, 11) is 0. The van der Waals surface area contributed by atoms with E-state index in [1.54, 1.807) is 0 Å². The van der Waals surface area contributed by atoms with Crippen LogP contribution in [0.3, 0.4) is 0 Å². The molecule has 0 atom stereocenters. The van der Waals surface area contributed by atoms with Crippen molar-refractivity contribution < 1.29 is 14.1 Å². The van der Waals surface area contributed by atoms with Crippen LogP contribution in [-0.2, 0) is 4.79 Å². The standard InChI is InChI=1S/C18H14FN3O3S/c1-11-8-18(21-14-5-3-2-4-13(11)14)26-10-17(23)20-15-7-6-12(19)9-16(15)22(24)25/h2-9H,10H2,1H3,(H,20,23). The molecule has 6 nitrogen and oxygen atoms in total. The van der Waals surface area contributed by atoms with Gasteiger partial charge in [0.2, 0.25) is 5.91 Å². The molecule has 1 N–H and O–H groups in total. The number of nitrogens with zero attached hydrogens (tertiary/aromatic N) is 2. The van der Waals surface area contributed by atoms with Gasteiger partial charge < -0.3 is 5.32 Å². The largest absolute Gasteiger partial charge is 0.320 e. The third-order valence-electron chi connectivity index (χ3n) is 3.68. The van der Waals surface area contributed by atoms with Gasteiger partial charge in [-0.2, -0.15) is 0 Å². The summed E-state index contributed by atoms with van der Waals surface area (Å²) < 4.78 is 13.2. The lowest BCUT2D eigenvalue weighted by molar-refractivity contribution is -0.384. The van der Waals surface area contributed by atoms with Gasteiger partial charge in [0.15, 0.2) is 0 Å². The first kappa shape index (κ1) is 17.8. The Morgan fingerprint density at radius 1 is 1.27 bits per heavy atom. The molecule has 3 aromatic rings. The van der Waals surface area contributed by atoms with Gasteiger partial charge in [-0.05, 0) is 36.8 Å². The highest BCUT2D eigenvalue weighted by Gasteiger charge is 2.17. The number of para-hydroxylation sites is 1. The van der Waals surface area contributed by atoms with Crippen molar-refractivity contribution in [2.75, 3.05) is 11.1 Å². The van der Waals surface area contributed by atoms with E-state index in [4.69, 9.17) is 0 Å². The van der Waals surface area contributed by atoms with E-state index in [0.29, 0.717) is 5.03 Å². The van der Waals surface area contributed by atoms with E-state index < -0.39 is 22.3 Å². The molecule has 1 aromatic heterocycles. The molecule has 132 valence electrons. The van der Waals surface area contributed by atoms with Crippen molar-refractivity contribution in [2.45, 2.75) is 11.9 Å². The fourth-order valence-corrected chi connectivity index (χ4v) is 3.25. The number of hydrogen-bond acceptors (Lipinski definition) is 5. The van der Waals surface area contributed by atoms with Crippen LogP contribution in [0.4, 0.5) is 15.8 Å². The molecule has 0 bridgehead atoms. The fraction of sp³-hybridized carbons (Fsp3) is 0.111. The smallest absolute Gasteiger partial charge is 0.295 e. The van der Waals surface area contributed by atoms with E-state index in [-0.39, 0.29) is 11.4 Å². The molecular formula is C18H14FN3O3S. The zero-order chi connectivity index (χ0) is 18.7. The molecule has 0 radical (unpaired) electrons. The molecule has 0 aliphatic rings. The highest BCUT2D eigenvalue weighted by Crippen LogP contribution is 2.26. The molecule has 0 fully saturated rings. The van der Waals surface area contributed by atoms with Crippen molar-refractivity contribution in [3.63, 3.8) is 0 Å². The predicted octanol–water partition coefficient (Wildman–Crippen LogP) is 4.32. The minimum absolute atomic E-state index is 0.0271. The van der Waals surface area contributed by atoms with E-state index >= 15 is 0 Å². The van der Waals surface area contributed by atoms with Gasteiger partial charge in [-0.3, -0.25) is 14.9 Å². The summed E-state index contributed by atoms with van der Waals surface area (Å²) in [5.41, 5.74) is 1.37. The Balaban J connectivity index is 1.71. The summed E-state index contributed by atoms with van der Waals surface area (Å²) in [6.07, 6.45) is 0. The van der Waals surface area contributed by atoms with Crippen molar-refractivity contribution in [1.29, 1.82) is 0 Å². The van der Waals surface area contributed by atoms with Crippen molar-refractivity contribution in [3.05, 3.63) is 70.0 Å². The van der Waals surface area contributed by atoms with Gasteiger partial charge in [-0.25, -0.2) is 9.37 Å². The third kappa shape index (κ3) is 3.97. The lowest BCUT2D eigenvalue weighted by Gasteiger charge is -2.07. The molecule has 0 saturated carbocycles. The first-order valence-corrected chi connectivity index (χ1v) is 8.65. The number of amides is 1. The van der Waals surface area contributed by atoms with Crippen LogP contribution in [0.25, 0.3) is 10.9 Å². The third-order valence-corrected chi connectivity index (χ3v) is 4.59. The number of halogens is 1. The van der Waals surface area contributed by atoms with Gasteiger partial charge in [0, 0.05) is 5.39 Å². The van der Waals surface area contributed by atoms with Gasteiger partial charge in [0.1, 0.15) is 11.5 Å². The van der Waals surface area contributed by atoms with Gasteiger partial charge in [-0.15, -0.1) is 0 Å². The van der Waals surface area contributed by atoms with Gasteiger partial charge in [0.25, 0.3) is 5.69 Å². The first-order valence-electron chi connectivity index (χ1n) is 7.67. The van der Waals surface area contributed by atoms with E-state index in [1.165, 1.54) is 17.8 Å². The zero-order valence-electron chi connectivity index (χ0n) is 13.7. The van der Waals surface area contributed by atoms with Gasteiger partial charge >= 0.3 is 0 Å². The fourth-order valence-electron chi connectivity index (χ4n) is 2.48. The predicted molar refractivity (Wildman–Crippen MR) is 98.9 cm³/mol. The number of aryl methyl sites for hydroxylation is 1. The van der Waals surface area contributed by atoms with Crippen LogP contribution in [0, 0.1) is 22.9 Å². The lowest BCUT2D eigenvalue weighted by Crippen LogP contribution is -2.15. The number of benzene rings is 2. The Kier molecular flexibility index (Phi) is 5.13. The molecule has 0 unspecified atom stereocenters. The molecule has 8 heteroatoms. The second-order valence-corrected chi connectivity index (χ2v) is 6.55. The molecule has 0 aliphatic heterocycles. The number of carbonyl (C=O) groups is 1. The normalized spacial score (nSPS) is 10.7. The van der Waals surface area contributed by atoms with Crippen LogP contribution in [0.2, 0.25) is 0 Å². The van der Waals surface area contributed by atoms with Crippen molar-refractivity contribution >= 4 is 39.9 Å². The SMILES string of the molecule is Cc1cc(SCC(=O)Nc2ccc(F)cc2[N+](=O)[O-])nc2ccccc12. The number of hydrogen-bond donors (Lipinski definition) is 1. The quantitative estimate of drug-likeness (QED) is 0.410. The van der Waals surface area contributed by atoms with Crippen LogP contribution in [0.15, 0.2) is 53.6 Å². The monoisotopic (exact) mass is 371 g/mol. The van der Waals surface area contributed by atoms with Crippen molar-refractivity contribution in [1.82, 2.24) is 4.98 Å². The van der Waals surface area contributed by atoms with Gasteiger partial charge in [0.05, 0.1) is 27.3 Å².